The summed E-state index contributed by atoms with van der Waals surface area (Å²) in [6.07, 6.45) is 7.04. The zero-order valence-corrected chi connectivity index (χ0v) is 69.7. The monoisotopic (exact) mass is 1580 g/mol. The molecule has 2 aliphatic carbocycles. The van der Waals surface area contributed by atoms with Crippen molar-refractivity contribution < 1.29 is 66.7 Å². The Morgan fingerprint density at radius 2 is 0.712 bits per heavy atom. The number of nitrogens with one attached hydrogen (secondary N) is 1. The second kappa shape index (κ2) is 31.4. The van der Waals surface area contributed by atoms with Crippen LogP contribution in [0.25, 0.3) is 43.1 Å². The van der Waals surface area contributed by atoms with E-state index in [0.717, 1.165) is 77.2 Å². The van der Waals surface area contributed by atoms with E-state index in [-0.39, 0.29) is 109 Å². The quantitative estimate of drug-likeness (QED) is 0.0197. The third kappa shape index (κ3) is 16.2. The van der Waals surface area contributed by atoms with Crippen molar-refractivity contribution >= 4 is 78.7 Å². The summed E-state index contributed by atoms with van der Waals surface area (Å²) in [4.78, 5) is 101. The van der Waals surface area contributed by atoms with Gasteiger partial charge in [0.15, 0.2) is 0 Å². The lowest BCUT2D eigenvalue weighted by Gasteiger charge is -2.36. The van der Waals surface area contributed by atoms with Crippen molar-refractivity contribution in [2.45, 2.75) is 224 Å². The average Bonchev–Trinajstić information content (AvgIpc) is 0.845. The van der Waals surface area contributed by atoms with Crippen molar-refractivity contribution in [3.63, 3.8) is 0 Å². The van der Waals surface area contributed by atoms with Crippen molar-refractivity contribution in [3.05, 3.63) is 238 Å². The Morgan fingerprint density at radius 3 is 1.03 bits per heavy atom. The van der Waals surface area contributed by atoms with E-state index in [2.05, 4.69) is 88.4 Å². The summed E-state index contributed by atoms with van der Waals surface area (Å²) in [6, 6.07) is 53.4. The number of fused-ring (bicyclic) bond motifs is 2. The molecule has 8 unspecified atom stereocenters. The molecule has 11 aromatic rings. The molecule has 0 spiro atoms. The molecule has 17 rings (SSSR count). The third-order valence-corrected chi connectivity index (χ3v) is 24.7. The number of amides is 4. The highest BCUT2D eigenvalue weighted by molar-refractivity contribution is 6.45. The minimum atomic E-state index is -1.48. The van der Waals surface area contributed by atoms with Crippen LogP contribution in [0.2, 0.25) is 0 Å². The van der Waals surface area contributed by atoms with Crippen molar-refractivity contribution in [2.24, 2.45) is 5.92 Å². The first-order valence-corrected chi connectivity index (χ1v) is 42.2. The highest BCUT2D eigenvalue weighted by Gasteiger charge is 2.48. The van der Waals surface area contributed by atoms with E-state index in [1.54, 1.807) is 24.3 Å². The van der Waals surface area contributed by atoms with E-state index in [9.17, 15) is 0 Å². The van der Waals surface area contributed by atoms with Crippen LogP contribution >= 0.6 is 0 Å². The van der Waals surface area contributed by atoms with Crippen LogP contribution in [0.1, 0.15) is 222 Å². The van der Waals surface area contributed by atoms with E-state index in [1.165, 1.54) is 0 Å². The number of carbonyl (C=O) groups is 6. The number of esters is 2. The Labute approximate surface area is 690 Å². The standard InChI is InChI=1S/C101H105N3O14/c1-98(2,3)61-30-39-66(40-31-61)113-80-51-74-84-75(93(106)103(92(74)105)78(48-58-21-15-13-16-22-58)96(109)117-70-27-19-25-60(47-70)29-38-72-56-111-72)52-81(114-67-41-32-62(33-42-67)99(4,5)6)87-89-83(116-69-45-36-64(37-46-69)101(10,11)12)54-77-85-76(53-82(88(91(85)89)86(80)90(84)87)115-68-43-34-63(35-44-68)100(7,8)9)94(107)104(95(77)108)79(49-59-23-17-14-18-24-59)97(110)118-71-28-20-26-65(50-71)102-55-73-57-112-73/h13-18,21-24,30-37,39-46,51-54,60,65,70-73,78-79,102H,19-20,25-29,38,47-50,55-57H2,1-12H3. The molecule has 17 heteroatoms. The highest BCUT2D eigenvalue weighted by Crippen LogP contribution is 2.59. The average molecular weight is 1580 g/mol. The zero-order valence-electron chi connectivity index (χ0n) is 69.7. The lowest BCUT2D eigenvalue weighted by atomic mass is 9.80. The smallest absolute Gasteiger partial charge is 0.330 e. The van der Waals surface area contributed by atoms with Gasteiger partial charge in [-0.1, -0.05) is 199 Å². The second-order valence-electron chi connectivity index (χ2n) is 37.5. The first kappa shape index (κ1) is 79.5. The molecule has 0 bridgehead atoms. The van der Waals surface area contributed by atoms with E-state index in [4.69, 9.17) is 37.9 Å². The fraction of sp³-hybridized carbons (Fsp3) is 0.386. The summed E-state index contributed by atoms with van der Waals surface area (Å²) in [5, 5.41) is 5.90. The van der Waals surface area contributed by atoms with Crippen LogP contribution in [-0.4, -0.2) is 108 Å². The molecule has 4 heterocycles. The number of ether oxygens (including phenoxy) is 8. The maximum atomic E-state index is 16.9. The minimum Gasteiger partial charge on any atom is -0.461 e. The molecule has 1 N–H and O–H groups in total. The Bertz CT molecular complexity index is 5090. The third-order valence-electron chi connectivity index (χ3n) is 24.7. The molecule has 0 aromatic heterocycles. The Morgan fingerprint density at radius 1 is 0.390 bits per heavy atom. The summed E-state index contributed by atoms with van der Waals surface area (Å²) in [7, 11) is 0. The maximum absolute atomic E-state index is 16.9. The second-order valence-corrected chi connectivity index (χ2v) is 37.5. The largest absolute Gasteiger partial charge is 0.461 e. The molecule has 11 aromatic carbocycles. The maximum Gasteiger partial charge on any atom is 0.330 e. The SMILES string of the molecule is CC(C)(C)c1ccc(Oc2cc3c4c(cc(Oc5ccc(C(C)(C)C)cc5)c5c6c(Oc7ccc(C(C)(C)C)cc7)cc7c8c(cc(Oc9ccc(C(C)(C)C)cc9)c(c2c45)c86)C(=O)N(C(Cc2ccccc2)C(=O)OC2CCCC(NCC4CO4)C2)C7=O)C(=O)N(C(Cc2ccccc2)C(=O)OC2CCCC(CCC4CO4)C2)C3=O)cc1. The summed E-state index contributed by atoms with van der Waals surface area (Å²) in [5.41, 5.74) is 4.51. The number of benzene rings is 11. The zero-order chi connectivity index (χ0) is 82.4. The summed E-state index contributed by atoms with van der Waals surface area (Å²) in [5.74, 6) is -2.31. The predicted molar refractivity (Wildman–Crippen MR) is 458 cm³/mol. The van der Waals surface area contributed by atoms with Gasteiger partial charge in [0.25, 0.3) is 23.6 Å². The number of carbonyl (C=O) groups excluding carboxylic acids is 6. The van der Waals surface area contributed by atoms with Gasteiger partial charge in [0.2, 0.25) is 0 Å². The lowest BCUT2D eigenvalue weighted by molar-refractivity contribution is -0.156. The molecule has 4 aliphatic heterocycles. The van der Waals surface area contributed by atoms with E-state index in [0.29, 0.717) is 111 Å². The Hall–Kier alpha value is -11.0. The van der Waals surface area contributed by atoms with Crippen molar-refractivity contribution in [2.75, 3.05) is 19.8 Å². The minimum absolute atomic E-state index is 0.0237. The van der Waals surface area contributed by atoms with E-state index >= 15 is 28.8 Å². The van der Waals surface area contributed by atoms with E-state index in [1.807, 2.05) is 158 Å². The van der Waals surface area contributed by atoms with Crippen molar-refractivity contribution in [3.8, 4) is 46.0 Å². The van der Waals surface area contributed by atoms with Gasteiger partial charge in [-0.15, -0.1) is 0 Å². The summed E-state index contributed by atoms with van der Waals surface area (Å²) in [6.45, 7) is 27.7. The van der Waals surface area contributed by atoms with Gasteiger partial charge in [0.1, 0.15) is 70.3 Å². The fourth-order valence-electron chi connectivity index (χ4n) is 17.9. The normalized spacial score (nSPS) is 20.0. The Balaban J connectivity index is 0.954. The van der Waals surface area contributed by atoms with Gasteiger partial charge in [-0.2, -0.15) is 0 Å². The molecule has 4 fully saturated rings. The molecular formula is C101H105N3O14. The molecule has 2 saturated heterocycles. The van der Waals surface area contributed by atoms with Gasteiger partial charge in [-0.25, -0.2) is 9.59 Å². The van der Waals surface area contributed by atoms with Crippen LogP contribution in [0.3, 0.4) is 0 Å². The van der Waals surface area contributed by atoms with Gasteiger partial charge in [-0.3, -0.25) is 29.0 Å². The predicted octanol–water partition coefficient (Wildman–Crippen LogP) is 21.6. The molecule has 608 valence electrons. The number of hydrogen-bond donors (Lipinski definition) is 1. The fourth-order valence-corrected chi connectivity index (χ4v) is 17.9. The number of nitrogens with zero attached hydrogens (tertiary/aromatic N) is 2. The number of hydrogen-bond acceptors (Lipinski definition) is 15. The van der Waals surface area contributed by atoms with Crippen LogP contribution in [0.5, 0.6) is 46.0 Å². The summed E-state index contributed by atoms with van der Waals surface area (Å²) < 4.78 is 54.4. The molecule has 118 heavy (non-hydrogen) atoms. The van der Waals surface area contributed by atoms with Crippen LogP contribution in [0.4, 0.5) is 0 Å². The van der Waals surface area contributed by atoms with Crippen LogP contribution in [0, 0.1) is 5.92 Å². The number of imide groups is 2. The van der Waals surface area contributed by atoms with Gasteiger partial charge in [0.05, 0.1) is 47.7 Å². The van der Waals surface area contributed by atoms with Gasteiger partial charge in [0, 0.05) is 68.5 Å². The van der Waals surface area contributed by atoms with Gasteiger partial charge in [-0.05, 0) is 192 Å². The number of rotatable bonds is 24. The van der Waals surface area contributed by atoms with E-state index < -0.39 is 59.9 Å². The molecule has 0 radical (unpaired) electrons. The van der Waals surface area contributed by atoms with Crippen LogP contribution in [-0.2, 0) is 63.0 Å². The summed E-state index contributed by atoms with van der Waals surface area (Å²) >= 11 is 0. The van der Waals surface area contributed by atoms with Crippen LogP contribution in [0.15, 0.2) is 182 Å². The first-order chi connectivity index (χ1) is 56.4. The van der Waals surface area contributed by atoms with Gasteiger partial charge < -0.3 is 43.2 Å². The number of epoxide rings is 2. The van der Waals surface area contributed by atoms with Crippen molar-refractivity contribution in [1.29, 1.82) is 0 Å². The lowest BCUT2D eigenvalue weighted by Crippen LogP contribution is -2.53. The highest BCUT2D eigenvalue weighted by atomic mass is 16.6. The Kier molecular flexibility index (Phi) is 21.1. The van der Waals surface area contributed by atoms with Crippen molar-refractivity contribution in [1.82, 2.24) is 15.1 Å². The van der Waals surface area contributed by atoms with Crippen LogP contribution < -0.4 is 24.3 Å². The molecule has 2 saturated carbocycles. The molecule has 4 amide bonds. The molecule has 8 atom stereocenters. The van der Waals surface area contributed by atoms with Gasteiger partial charge >= 0.3 is 11.9 Å². The topological polar surface area (TPSA) is 201 Å². The molecular weight excluding hydrogens is 1480 g/mol. The molecule has 6 aliphatic rings. The molecule has 17 nitrogen and oxygen atoms in total. The first-order valence-electron chi connectivity index (χ1n) is 42.2.